The van der Waals surface area contributed by atoms with Crippen LogP contribution in [0.1, 0.15) is 51.4 Å². The molecule has 0 aromatic heterocycles. The van der Waals surface area contributed by atoms with E-state index in [4.69, 9.17) is 17.3 Å². The molecule has 78 valence electrons. The molecule has 0 bridgehead atoms. The van der Waals surface area contributed by atoms with Crippen molar-refractivity contribution >= 4 is 17.5 Å². The van der Waals surface area contributed by atoms with Gasteiger partial charge in [0.25, 0.3) is 0 Å². The van der Waals surface area contributed by atoms with Gasteiger partial charge in [-0.15, -0.1) is 11.6 Å². The highest BCUT2D eigenvalue weighted by Gasteiger charge is 1.94. The van der Waals surface area contributed by atoms with Crippen LogP contribution in [0.15, 0.2) is 0 Å². The van der Waals surface area contributed by atoms with E-state index in [9.17, 15) is 4.79 Å². The summed E-state index contributed by atoms with van der Waals surface area (Å²) in [6.45, 7) is 0. The van der Waals surface area contributed by atoms with Gasteiger partial charge in [0, 0.05) is 12.3 Å². The van der Waals surface area contributed by atoms with Crippen molar-refractivity contribution in [2.75, 3.05) is 5.88 Å². The van der Waals surface area contributed by atoms with Crippen LogP contribution >= 0.6 is 11.6 Å². The van der Waals surface area contributed by atoms with Crippen molar-refractivity contribution in [3.8, 4) is 0 Å². The summed E-state index contributed by atoms with van der Waals surface area (Å²) in [5.41, 5.74) is 5.02. The van der Waals surface area contributed by atoms with Crippen molar-refractivity contribution in [1.82, 2.24) is 0 Å². The average molecular weight is 206 g/mol. The minimum atomic E-state index is -0.179. The summed E-state index contributed by atoms with van der Waals surface area (Å²) < 4.78 is 0. The van der Waals surface area contributed by atoms with E-state index in [2.05, 4.69) is 0 Å². The quantitative estimate of drug-likeness (QED) is 0.457. The smallest absolute Gasteiger partial charge is 0.217 e. The standard InChI is InChI=1S/C10H20ClNO/c11-9-7-5-3-1-2-4-6-8-10(12)13/h1-9H2,(H2,12,13). The second-order valence-corrected chi connectivity index (χ2v) is 3.76. The fourth-order valence-electron chi connectivity index (χ4n) is 1.28. The van der Waals surface area contributed by atoms with Gasteiger partial charge in [0.05, 0.1) is 0 Å². The van der Waals surface area contributed by atoms with Crippen LogP contribution in [0.2, 0.25) is 0 Å². The number of primary amides is 1. The molecule has 0 aliphatic heterocycles. The van der Waals surface area contributed by atoms with E-state index in [-0.39, 0.29) is 5.91 Å². The fourth-order valence-corrected chi connectivity index (χ4v) is 1.47. The molecular formula is C10H20ClNO. The molecule has 1 amide bonds. The van der Waals surface area contributed by atoms with Crippen LogP contribution in [-0.4, -0.2) is 11.8 Å². The summed E-state index contributed by atoms with van der Waals surface area (Å²) in [7, 11) is 0. The monoisotopic (exact) mass is 205 g/mol. The van der Waals surface area contributed by atoms with E-state index in [1.54, 1.807) is 0 Å². The molecule has 13 heavy (non-hydrogen) atoms. The molecule has 0 aromatic rings. The van der Waals surface area contributed by atoms with Crippen molar-refractivity contribution in [3.05, 3.63) is 0 Å². The van der Waals surface area contributed by atoms with Gasteiger partial charge >= 0.3 is 0 Å². The van der Waals surface area contributed by atoms with Crippen molar-refractivity contribution in [1.29, 1.82) is 0 Å². The maximum Gasteiger partial charge on any atom is 0.217 e. The van der Waals surface area contributed by atoms with E-state index in [1.807, 2.05) is 0 Å². The Morgan fingerprint density at radius 3 is 1.85 bits per heavy atom. The topological polar surface area (TPSA) is 43.1 Å². The van der Waals surface area contributed by atoms with Crippen molar-refractivity contribution in [2.45, 2.75) is 51.4 Å². The molecule has 0 aliphatic carbocycles. The molecule has 2 nitrogen and oxygen atoms in total. The van der Waals surface area contributed by atoms with Crippen LogP contribution in [0.3, 0.4) is 0 Å². The number of halogens is 1. The van der Waals surface area contributed by atoms with Crippen molar-refractivity contribution < 1.29 is 4.79 Å². The molecule has 0 aliphatic rings. The Hall–Kier alpha value is -0.240. The first-order chi connectivity index (χ1) is 6.27. The second kappa shape index (κ2) is 9.85. The minimum absolute atomic E-state index is 0.179. The predicted octanol–water partition coefficient (Wildman–Crippen LogP) is 2.83. The maximum absolute atomic E-state index is 10.4. The minimum Gasteiger partial charge on any atom is -0.370 e. The van der Waals surface area contributed by atoms with Crippen LogP contribution < -0.4 is 5.73 Å². The first-order valence-corrected chi connectivity index (χ1v) is 5.65. The molecule has 0 saturated carbocycles. The fraction of sp³-hybridized carbons (Fsp3) is 0.900. The molecule has 0 spiro atoms. The van der Waals surface area contributed by atoms with Crippen LogP contribution in [0, 0.1) is 0 Å². The zero-order valence-electron chi connectivity index (χ0n) is 8.23. The van der Waals surface area contributed by atoms with E-state index >= 15 is 0 Å². The van der Waals surface area contributed by atoms with Crippen LogP contribution in [0.25, 0.3) is 0 Å². The van der Waals surface area contributed by atoms with Crippen molar-refractivity contribution in [3.63, 3.8) is 0 Å². The first-order valence-electron chi connectivity index (χ1n) is 5.11. The molecule has 0 heterocycles. The molecule has 2 N–H and O–H groups in total. The van der Waals surface area contributed by atoms with Gasteiger partial charge in [-0.2, -0.15) is 0 Å². The maximum atomic E-state index is 10.4. The highest BCUT2D eigenvalue weighted by atomic mass is 35.5. The Morgan fingerprint density at radius 1 is 0.923 bits per heavy atom. The lowest BCUT2D eigenvalue weighted by Gasteiger charge is -1.99. The van der Waals surface area contributed by atoms with Crippen molar-refractivity contribution in [2.24, 2.45) is 5.73 Å². The number of nitrogens with two attached hydrogens (primary N) is 1. The lowest BCUT2D eigenvalue weighted by Crippen LogP contribution is -2.09. The third kappa shape index (κ3) is 11.8. The Labute approximate surface area is 85.8 Å². The summed E-state index contributed by atoms with van der Waals surface area (Å²) in [4.78, 5) is 10.4. The average Bonchev–Trinajstić information content (AvgIpc) is 2.09. The summed E-state index contributed by atoms with van der Waals surface area (Å²) in [6.07, 6.45) is 8.73. The first kappa shape index (κ1) is 12.8. The number of hydrogen-bond acceptors (Lipinski definition) is 1. The van der Waals surface area contributed by atoms with Gasteiger partial charge in [-0.05, 0) is 12.8 Å². The summed E-state index contributed by atoms with van der Waals surface area (Å²) >= 11 is 5.55. The molecule has 0 fully saturated rings. The summed E-state index contributed by atoms with van der Waals surface area (Å²) in [5, 5.41) is 0. The lowest BCUT2D eigenvalue weighted by molar-refractivity contribution is -0.118. The number of hydrogen-bond donors (Lipinski definition) is 1. The lowest BCUT2D eigenvalue weighted by atomic mass is 10.1. The Balaban J connectivity index is 2.87. The molecular weight excluding hydrogens is 186 g/mol. The van der Waals surface area contributed by atoms with E-state index in [0.29, 0.717) is 6.42 Å². The van der Waals surface area contributed by atoms with Crippen LogP contribution in [0.5, 0.6) is 0 Å². The number of unbranched alkanes of at least 4 members (excludes halogenated alkanes) is 6. The second-order valence-electron chi connectivity index (χ2n) is 3.38. The van der Waals surface area contributed by atoms with Gasteiger partial charge in [0.2, 0.25) is 5.91 Å². The highest BCUT2D eigenvalue weighted by molar-refractivity contribution is 6.17. The number of carbonyl (C=O) groups is 1. The molecule has 0 rings (SSSR count). The van der Waals surface area contributed by atoms with Gasteiger partial charge in [-0.1, -0.05) is 32.1 Å². The Morgan fingerprint density at radius 2 is 1.38 bits per heavy atom. The Kier molecular flexibility index (Phi) is 9.66. The van der Waals surface area contributed by atoms with Gasteiger partial charge in [0.1, 0.15) is 0 Å². The largest absolute Gasteiger partial charge is 0.370 e. The molecule has 3 heteroatoms. The van der Waals surface area contributed by atoms with Gasteiger partial charge in [-0.3, -0.25) is 4.79 Å². The van der Waals surface area contributed by atoms with Gasteiger partial charge in [-0.25, -0.2) is 0 Å². The Bertz CT molecular complexity index is 128. The SMILES string of the molecule is NC(=O)CCCCCCCCCCl. The third-order valence-corrected chi connectivity index (χ3v) is 2.32. The molecule has 0 aromatic carbocycles. The normalized spacial score (nSPS) is 10.2. The summed E-state index contributed by atoms with van der Waals surface area (Å²) in [6, 6.07) is 0. The number of rotatable bonds is 9. The van der Waals surface area contributed by atoms with Crippen LogP contribution in [-0.2, 0) is 4.79 Å². The highest BCUT2D eigenvalue weighted by Crippen LogP contribution is 2.08. The van der Waals surface area contributed by atoms with E-state index < -0.39 is 0 Å². The van der Waals surface area contributed by atoms with E-state index in [0.717, 1.165) is 25.1 Å². The third-order valence-electron chi connectivity index (χ3n) is 2.06. The number of carbonyl (C=O) groups excluding carboxylic acids is 1. The number of amides is 1. The molecule has 0 saturated heterocycles. The zero-order chi connectivity index (χ0) is 9.94. The predicted molar refractivity (Wildman–Crippen MR) is 56.9 cm³/mol. The van der Waals surface area contributed by atoms with Crippen LogP contribution in [0.4, 0.5) is 0 Å². The summed E-state index contributed by atoms with van der Waals surface area (Å²) in [5.74, 6) is 0.601. The van der Waals surface area contributed by atoms with Gasteiger partial charge in [0.15, 0.2) is 0 Å². The number of alkyl halides is 1. The molecule has 0 unspecified atom stereocenters. The molecule has 0 radical (unpaired) electrons. The zero-order valence-corrected chi connectivity index (χ0v) is 8.98. The van der Waals surface area contributed by atoms with Gasteiger partial charge < -0.3 is 5.73 Å². The molecule has 0 atom stereocenters. The van der Waals surface area contributed by atoms with E-state index in [1.165, 1.54) is 25.7 Å².